The van der Waals surface area contributed by atoms with Crippen molar-refractivity contribution in [3.05, 3.63) is 64.9 Å². The van der Waals surface area contributed by atoms with E-state index in [1.165, 1.54) is 11.3 Å². The van der Waals surface area contributed by atoms with Gasteiger partial charge in [-0.2, -0.15) is 5.26 Å². The molecule has 0 bridgehead atoms. The number of carbonyl (C=O) groups excluding carboxylic acids is 1. The minimum Gasteiger partial charge on any atom is -0.494 e. The van der Waals surface area contributed by atoms with Gasteiger partial charge in [0.25, 0.3) is 5.91 Å². The van der Waals surface area contributed by atoms with E-state index in [0.717, 1.165) is 21.9 Å². The van der Waals surface area contributed by atoms with Gasteiger partial charge in [-0.25, -0.2) is 4.98 Å². The van der Waals surface area contributed by atoms with E-state index in [1.54, 1.807) is 17.3 Å². The van der Waals surface area contributed by atoms with Crippen molar-refractivity contribution in [3.63, 3.8) is 0 Å². The number of nitriles is 1. The summed E-state index contributed by atoms with van der Waals surface area (Å²) in [5, 5.41) is 9.77. The van der Waals surface area contributed by atoms with E-state index >= 15 is 0 Å². The van der Waals surface area contributed by atoms with Crippen LogP contribution >= 0.6 is 11.3 Å². The summed E-state index contributed by atoms with van der Waals surface area (Å²) >= 11 is 1.37. The highest BCUT2D eigenvalue weighted by atomic mass is 32.1. The molecule has 0 aliphatic carbocycles. The first-order chi connectivity index (χ1) is 14.1. The number of hydrogen-bond acceptors (Lipinski definition) is 6. The van der Waals surface area contributed by atoms with Crippen LogP contribution in [0, 0.1) is 18.3 Å². The summed E-state index contributed by atoms with van der Waals surface area (Å²) in [6.07, 6.45) is 3.70. The van der Waals surface area contributed by atoms with Gasteiger partial charge in [0.1, 0.15) is 15.6 Å². The maximum absolute atomic E-state index is 13.2. The van der Waals surface area contributed by atoms with E-state index < -0.39 is 0 Å². The number of aromatic nitrogens is 2. The lowest BCUT2D eigenvalue weighted by Crippen LogP contribution is -2.31. The Hall–Kier alpha value is -3.24. The fourth-order valence-corrected chi connectivity index (χ4v) is 3.91. The molecule has 2 aromatic heterocycles. The molecule has 1 aromatic carbocycles. The van der Waals surface area contributed by atoms with Crippen molar-refractivity contribution in [2.45, 2.75) is 26.8 Å². The predicted molar refractivity (Wildman–Crippen MR) is 113 cm³/mol. The van der Waals surface area contributed by atoms with Gasteiger partial charge in [-0.05, 0) is 49.7 Å². The lowest BCUT2D eigenvalue weighted by atomic mass is 10.2. The lowest BCUT2D eigenvalue weighted by molar-refractivity contribution is 0.0750. The first-order valence-corrected chi connectivity index (χ1v) is 10.2. The predicted octanol–water partition coefficient (Wildman–Crippen LogP) is 4.47. The molecule has 7 heteroatoms. The van der Waals surface area contributed by atoms with Crippen molar-refractivity contribution in [2.75, 3.05) is 13.2 Å². The average Bonchev–Trinajstić information content (AvgIpc) is 3.13. The number of rotatable bonds is 8. The molecule has 0 aliphatic rings. The summed E-state index contributed by atoms with van der Waals surface area (Å²) in [5.41, 5.74) is 2.56. The Kier molecular flexibility index (Phi) is 6.93. The van der Waals surface area contributed by atoms with E-state index in [9.17, 15) is 4.79 Å². The molecule has 1 amide bonds. The maximum atomic E-state index is 13.2. The molecule has 0 saturated heterocycles. The van der Waals surface area contributed by atoms with Crippen LogP contribution in [0.25, 0.3) is 10.6 Å². The van der Waals surface area contributed by atoms with E-state index in [0.29, 0.717) is 30.3 Å². The van der Waals surface area contributed by atoms with Crippen molar-refractivity contribution in [2.24, 2.45) is 0 Å². The number of amides is 1. The number of nitrogens with zero attached hydrogens (tertiary/aromatic N) is 4. The number of hydrogen-bond donors (Lipinski definition) is 0. The van der Waals surface area contributed by atoms with Crippen LogP contribution in [-0.2, 0) is 6.54 Å². The summed E-state index contributed by atoms with van der Waals surface area (Å²) in [6, 6.07) is 13.6. The SMILES string of the molecule is CCOc1ccc(-c2nc(C)c(C(=O)N(CCC#N)Cc3cccnc3)s2)cc1. The molecule has 29 heavy (non-hydrogen) atoms. The van der Waals surface area contributed by atoms with E-state index in [2.05, 4.69) is 16.0 Å². The van der Waals surface area contributed by atoms with Crippen LogP contribution in [0.3, 0.4) is 0 Å². The highest BCUT2D eigenvalue weighted by molar-refractivity contribution is 7.17. The van der Waals surface area contributed by atoms with Crippen LogP contribution < -0.4 is 4.74 Å². The molecular formula is C22H22N4O2S. The van der Waals surface area contributed by atoms with Crippen molar-refractivity contribution in [1.82, 2.24) is 14.9 Å². The average molecular weight is 407 g/mol. The molecule has 0 aliphatic heterocycles. The lowest BCUT2D eigenvalue weighted by Gasteiger charge is -2.21. The molecule has 0 atom stereocenters. The van der Waals surface area contributed by atoms with E-state index in [4.69, 9.17) is 10.00 Å². The highest BCUT2D eigenvalue weighted by Crippen LogP contribution is 2.30. The molecule has 3 aromatic rings. The van der Waals surface area contributed by atoms with Crippen LogP contribution in [0.5, 0.6) is 5.75 Å². The van der Waals surface area contributed by atoms with Gasteiger partial charge in [-0.15, -0.1) is 11.3 Å². The number of aryl methyl sites for hydroxylation is 1. The van der Waals surface area contributed by atoms with Gasteiger partial charge in [-0.1, -0.05) is 6.07 Å². The second-order valence-electron chi connectivity index (χ2n) is 6.39. The summed E-state index contributed by atoms with van der Waals surface area (Å²) < 4.78 is 5.48. The minimum atomic E-state index is -0.115. The second-order valence-corrected chi connectivity index (χ2v) is 7.39. The molecule has 0 saturated carbocycles. The van der Waals surface area contributed by atoms with Crippen molar-refractivity contribution >= 4 is 17.2 Å². The first kappa shape index (κ1) is 20.5. The minimum absolute atomic E-state index is 0.115. The van der Waals surface area contributed by atoms with Gasteiger partial charge >= 0.3 is 0 Å². The number of benzene rings is 1. The largest absolute Gasteiger partial charge is 0.494 e. The Morgan fingerprint density at radius 3 is 2.72 bits per heavy atom. The number of carbonyl (C=O) groups is 1. The fraction of sp³-hybridized carbons (Fsp3) is 0.273. The van der Waals surface area contributed by atoms with Gasteiger partial charge in [-0.3, -0.25) is 9.78 Å². The van der Waals surface area contributed by atoms with E-state index in [1.807, 2.05) is 50.2 Å². The van der Waals surface area contributed by atoms with E-state index in [-0.39, 0.29) is 12.3 Å². The highest BCUT2D eigenvalue weighted by Gasteiger charge is 2.22. The molecule has 0 radical (unpaired) electrons. The topological polar surface area (TPSA) is 79.1 Å². The van der Waals surface area contributed by atoms with Crippen LogP contribution in [0.1, 0.15) is 34.3 Å². The smallest absolute Gasteiger partial charge is 0.266 e. The summed E-state index contributed by atoms with van der Waals surface area (Å²) in [7, 11) is 0. The molecule has 3 rings (SSSR count). The zero-order chi connectivity index (χ0) is 20.6. The van der Waals surface area contributed by atoms with Gasteiger partial charge in [0.2, 0.25) is 0 Å². The molecule has 0 spiro atoms. The Morgan fingerprint density at radius 1 is 1.28 bits per heavy atom. The number of thiazole rings is 1. The molecule has 6 nitrogen and oxygen atoms in total. The third-order valence-corrected chi connectivity index (χ3v) is 5.47. The van der Waals surface area contributed by atoms with Gasteiger partial charge in [0.15, 0.2) is 0 Å². The van der Waals surface area contributed by atoms with Crippen molar-refractivity contribution < 1.29 is 9.53 Å². The first-order valence-electron chi connectivity index (χ1n) is 9.38. The zero-order valence-electron chi connectivity index (χ0n) is 16.5. The van der Waals surface area contributed by atoms with Crippen LogP contribution in [0.2, 0.25) is 0 Å². The van der Waals surface area contributed by atoms with Crippen LogP contribution in [0.4, 0.5) is 0 Å². The monoisotopic (exact) mass is 406 g/mol. The Labute approximate surface area is 174 Å². The van der Waals surface area contributed by atoms with Crippen LogP contribution in [-0.4, -0.2) is 33.9 Å². The zero-order valence-corrected chi connectivity index (χ0v) is 17.3. The van der Waals surface area contributed by atoms with Gasteiger partial charge in [0, 0.05) is 31.0 Å². The van der Waals surface area contributed by atoms with Crippen LogP contribution in [0.15, 0.2) is 48.8 Å². The molecule has 0 unspecified atom stereocenters. The maximum Gasteiger partial charge on any atom is 0.266 e. The second kappa shape index (κ2) is 9.80. The quantitative estimate of drug-likeness (QED) is 0.551. The molecule has 0 N–H and O–H groups in total. The normalized spacial score (nSPS) is 10.4. The standard InChI is InChI=1S/C22H22N4O2S/c1-3-28-19-9-7-18(8-10-19)21-25-16(2)20(29-21)22(27)26(13-5-11-23)15-17-6-4-12-24-14-17/h4,6-10,12,14H,3,5,13,15H2,1-2H3. The third-order valence-electron chi connectivity index (χ3n) is 4.28. The Balaban J connectivity index is 1.83. The van der Waals surface area contributed by atoms with Gasteiger partial charge in [0.05, 0.1) is 24.8 Å². The van der Waals surface area contributed by atoms with Crippen molar-refractivity contribution in [1.29, 1.82) is 5.26 Å². The number of ether oxygens (including phenoxy) is 1. The molecule has 0 fully saturated rings. The number of pyridine rings is 1. The summed E-state index contributed by atoms with van der Waals surface area (Å²) in [4.78, 5) is 24.2. The summed E-state index contributed by atoms with van der Waals surface area (Å²) in [6.45, 7) is 5.17. The Morgan fingerprint density at radius 2 is 2.07 bits per heavy atom. The summed E-state index contributed by atoms with van der Waals surface area (Å²) in [5.74, 6) is 0.691. The molecule has 148 valence electrons. The fourth-order valence-electron chi connectivity index (χ4n) is 2.87. The third kappa shape index (κ3) is 5.18. The van der Waals surface area contributed by atoms with Gasteiger partial charge < -0.3 is 9.64 Å². The molecular weight excluding hydrogens is 384 g/mol. The van der Waals surface area contributed by atoms with Crippen molar-refractivity contribution in [3.8, 4) is 22.4 Å². The Bertz CT molecular complexity index is 994. The molecule has 2 heterocycles.